The summed E-state index contributed by atoms with van der Waals surface area (Å²) in [5, 5.41) is 9.03. The fourth-order valence-corrected chi connectivity index (χ4v) is 3.11. The van der Waals surface area contributed by atoms with Gasteiger partial charge in [-0.2, -0.15) is 0 Å². The first kappa shape index (κ1) is 15.9. The molecule has 21 heavy (non-hydrogen) atoms. The fourth-order valence-electron chi connectivity index (χ4n) is 3.11. The van der Waals surface area contributed by atoms with Crippen LogP contribution >= 0.6 is 0 Å². The van der Waals surface area contributed by atoms with E-state index >= 15 is 0 Å². The van der Waals surface area contributed by atoms with Crippen molar-refractivity contribution in [1.82, 2.24) is 0 Å². The molecule has 0 aliphatic heterocycles. The lowest BCUT2D eigenvalue weighted by molar-refractivity contribution is -0.139. The summed E-state index contributed by atoms with van der Waals surface area (Å²) in [5.74, 6) is 1.41. The van der Waals surface area contributed by atoms with Gasteiger partial charge in [0.05, 0.1) is 12.5 Å². The molecule has 1 aliphatic carbocycles. The van der Waals surface area contributed by atoms with Crippen LogP contribution in [0.5, 0.6) is 5.75 Å². The Morgan fingerprint density at radius 1 is 1.38 bits per heavy atom. The van der Waals surface area contributed by atoms with Crippen molar-refractivity contribution < 1.29 is 14.6 Å². The van der Waals surface area contributed by atoms with Gasteiger partial charge in [0, 0.05) is 0 Å². The molecule has 1 fully saturated rings. The van der Waals surface area contributed by atoms with Crippen molar-refractivity contribution in [3.05, 3.63) is 29.3 Å². The van der Waals surface area contributed by atoms with Crippen molar-refractivity contribution >= 4 is 5.97 Å². The Bertz CT molecular complexity index is 507. The summed E-state index contributed by atoms with van der Waals surface area (Å²) < 4.78 is 5.69. The number of hydrogen-bond acceptors (Lipinski definition) is 2. The molecule has 3 heteroatoms. The van der Waals surface area contributed by atoms with Gasteiger partial charge >= 0.3 is 5.97 Å². The van der Waals surface area contributed by atoms with Crippen LogP contribution in [0.1, 0.15) is 51.2 Å². The molecule has 0 spiro atoms. The molecular formula is C18H26O3. The molecule has 0 aromatic heterocycles. The number of carboxylic acids is 1. The average Bonchev–Trinajstić information content (AvgIpc) is 3.21. The van der Waals surface area contributed by atoms with E-state index in [1.807, 2.05) is 6.92 Å². The minimum absolute atomic E-state index is 0.118. The van der Waals surface area contributed by atoms with E-state index in [0.717, 1.165) is 18.6 Å². The molecule has 0 bridgehead atoms. The van der Waals surface area contributed by atoms with Gasteiger partial charge in [-0.3, -0.25) is 4.79 Å². The Morgan fingerprint density at radius 3 is 2.62 bits per heavy atom. The Balaban J connectivity index is 2.07. The molecule has 2 rings (SSSR count). The molecule has 0 saturated heterocycles. The van der Waals surface area contributed by atoms with Crippen molar-refractivity contribution in [2.24, 2.45) is 17.8 Å². The Kier molecular flexibility index (Phi) is 4.92. The number of hydrogen-bond donors (Lipinski definition) is 1. The van der Waals surface area contributed by atoms with Gasteiger partial charge in [-0.25, -0.2) is 0 Å². The number of benzene rings is 1. The zero-order valence-corrected chi connectivity index (χ0v) is 13.4. The number of rotatable bonds is 7. The monoisotopic (exact) mass is 290 g/mol. The summed E-state index contributed by atoms with van der Waals surface area (Å²) in [5.41, 5.74) is 2.53. The van der Waals surface area contributed by atoms with Crippen LogP contribution in [-0.4, -0.2) is 17.7 Å². The summed E-state index contributed by atoms with van der Waals surface area (Å²) in [7, 11) is 0. The second kappa shape index (κ2) is 6.50. The van der Waals surface area contributed by atoms with E-state index in [-0.39, 0.29) is 5.92 Å². The molecule has 116 valence electrons. The van der Waals surface area contributed by atoms with Crippen LogP contribution in [0.2, 0.25) is 0 Å². The molecule has 1 aromatic carbocycles. The molecule has 1 saturated carbocycles. The number of carbonyl (C=O) groups is 1. The van der Waals surface area contributed by atoms with E-state index in [2.05, 4.69) is 39.0 Å². The molecule has 0 heterocycles. The van der Waals surface area contributed by atoms with Crippen LogP contribution in [0.4, 0.5) is 0 Å². The summed E-state index contributed by atoms with van der Waals surface area (Å²) in [6.07, 6.45) is 1.78. The minimum Gasteiger partial charge on any atom is -0.494 e. The first-order valence-corrected chi connectivity index (χ1v) is 7.92. The third kappa shape index (κ3) is 3.78. The third-order valence-electron chi connectivity index (χ3n) is 4.44. The van der Waals surface area contributed by atoms with E-state index in [0.29, 0.717) is 24.4 Å². The highest BCUT2D eigenvalue weighted by molar-refractivity contribution is 5.73. The quantitative estimate of drug-likeness (QED) is 0.822. The van der Waals surface area contributed by atoms with Crippen LogP contribution in [0.3, 0.4) is 0 Å². The third-order valence-corrected chi connectivity index (χ3v) is 4.44. The summed E-state index contributed by atoms with van der Waals surface area (Å²) in [6.45, 7) is 9.19. The lowest BCUT2D eigenvalue weighted by atomic mass is 9.92. The molecule has 1 aliphatic rings. The molecule has 3 nitrogen and oxygen atoms in total. The summed E-state index contributed by atoms with van der Waals surface area (Å²) in [4.78, 5) is 11.0. The van der Waals surface area contributed by atoms with Crippen LogP contribution in [0, 0.1) is 17.8 Å². The van der Waals surface area contributed by atoms with E-state index in [4.69, 9.17) is 9.84 Å². The highest BCUT2D eigenvalue weighted by atomic mass is 16.5. The van der Waals surface area contributed by atoms with E-state index in [9.17, 15) is 4.79 Å². The largest absolute Gasteiger partial charge is 0.494 e. The van der Waals surface area contributed by atoms with Gasteiger partial charge in [0.1, 0.15) is 5.75 Å². The predicted molar refractivity (Wildman–Crippen MR) is 83.8 cm³/mol. The Labute approximate surface area is 127 Å². The van der Waals surface area contributed by atoms with Crippen molar-refractivity contribution in [3.63, 3.8) is 0 Å². The van der Waals surface area contributed by atoms with E-state index in [1.165, 1.54) is 11.1 Å². The summed E-state index contributed by atoms with van der Waals surface area (Å²) in [6, 6.07) is 6.40. The first-order valence-electron chi connectivity index (χ1n) is 7.92. The molecule has 3 unspecified atom stereocenters. The number of carboxylic acid groups (broad SMARTS) is 1. The maximum absolute atomic E-state index is 11.0. The zero-order chi connectivity index (χ0) is 15.6. The highest BCUT2D eigenvalue weighted by Crippen LogP contribution is 2.45. The van der Waals surface area contributed by atoms with Gasteiger partial charge in [0.2, 0.25) is 0 Å². The Hall–Kier alpha value is -1.51. The van der Waals surface area contributed by atoms with Crippen LogP contribution in [0.15, 0.2) is 18.2 Å². The molecule has 1 N–H and O–H groups in total. The van der Waals surface area contributed by atoms with Gasteiger partial charge in [-0.05, 0) is 54.7 Å². The highest BCUT2D eigenvalue weighted by Gasteiger charge is 2.46. The standard InChI is InChI=1S/C18H26O3/c1-5-21-17-7-6-13(9-14(17)11(2)3)8-12(4)15-10-16(15)18(19)20/h6-7,9,11-12,15-16H,5,8,10H2,1-4H3,(H,19,20). The normalized spacial score (nSPS) is 22.1. The molecule has 0 radical (unpaired) electrons. The summed E-state index contributed by atoms with van der Waals surface area (Å²) >= 11 is 0. The van der Waals surface area contributed by atoms with Crippen molar-refractivity contribution in [1.29, 1.82) is 0 Å². The van der Waals surface area contributed by atoms with E-state index in [1.54, 1.807) is 0 Å². The average molecular weight is 290 g/mol. The predicted octanol–water partition coefficient (Wildman–Crippen LogP) is 4.11. The maximum atomic E-state index is 11.0. The molecule has 3 atom stereocenters. The fraction of sp³-hybridized carbons (Fsp3) is 0.611. The van der Waals surface area contributed by atoms with Crippen LogP contribution < -0.4 is 4.74 Å². The van der Waals surface area contributed by atoms with Gasteiger partial charge in [-0.1, -0.05) is 32.9 Å². The molecular weight excluding hydrogens is 264 g/mol. The zero-order valence-electron chi connectivity index (χ0n) is 13.4. The van der Waals surface area contributed by atoms with Crippen molar-refractivity contribution in [2.45, 2.75) is 46.5 Å². The van der Waals surface area contributed by atoms with Crippen molar-refractivity contribution in [2.75, 3.05) is 6.61 Å². The van der Waals surface area contributed by atoms with Gasteiger partial charge in [0.25, 0.3) is 0 Å². The smallest absolute Gasteiger partial charge is 0.306 e. The van der Waals surface area contributed by atoms with Crippen LogP contribution in [-0.2, 0) is 11.2 Å². The second-order valence-electron chi connectivity index (χ2n) is 6.49. The van der Waals surface area contributed by atoms with Crippen LogP contribution in [0.25, 0.3) is 0 Å². The molecule has 1 aromatic rings. The lowest BCUT2D eigenvalue weighted by Gasteiger charge is -2.17. The number of ether oxygens (including phenoxy) is 1. The maximum Gasteiger partial charge on any atom is 0.306 e. The van der Waals surface area contributed by atoms with Gasteiger partial charge < -0.3 is 9.84 Å². The number of aliphatic carboxylic acids is 1. The van der Waals surface area contributed by atoms with Gasteiger partial charge in [0.15, 0.2) is 0 Å². The SMILES string of the molecule is CCOc1ccc(CC(C)C2CC2C(=O)O)cc1C(C)C. The molecule has 0 amide bonds. The topological polar surface area (TPSA) is 46.5 Å². The minimum atomic E-state index is -0.638. The first-order chi connectivity index (χ1) is 9.93. The van der Waals surface area contributed by atoms with E-state index < -0.39 is 5.97 Å². The van der Waals surface area contributed by atoms with Gasteiger partial charge in [-0.15, -0.1) is 0 Å². The Morgan fingerprint density at radius 2 is 2.10 bits per heavy atom. The second-order valence-corrected chi connectivity index (χ2v) is 6.49. The lowest BCUT2D eigenvalue weighted by Crippen LogP contribution is -2.09. The van der Waals surface area contributed by atoms with Crippen molar-refractivity contribution in [3.8, 4) is 5.75 Å².